The molecule has 7 heteroatoms. The topological polar surface area (TPSA) is 83.8 Å². The Morgan fingerprint density at radius 3 is 3.12 bits per heavy atom. The van der Waals surface area contributed by atoms with Crippen molar-refractivity contribution in [1.29, 1.82) is 0 Å². The summed E-state index contributed by atoms with van der Waals surface area (Å²) < 4.78 is -0.363. The largest absolute Gasteiger partial charge is 0.389 e. The number of H-pyrrole nitrogens is 1. The molecule has 5 nitrogen and oxygen atoms in total. The van der Waals surface area contributed by atoms with Crippen molar-refractivity contribution in [1.82, 2.24) is 10.2 Å². The van der Waals surface area contributed by atoms with Crippen LogP contribution in [0.5, 0.6) is 0 Å². The first-order valence-corrected chi connectivity index (χ1v) is 6.71. The Labute approximate surface area is 109 Å². The van der Waals surface area contributed by atoms with Gasteiger partial charge in [0.1, 0.15) is 10.8 Å². The van der Waals surface area contributed by atoms with E-state index in [1.54, 1.807) is 11.8 Å². The molecule has 1 fully saturated rings. The monoisotopic (exact) mass is 270 g/mol. The molecule has 4 N–H and O–H groups in total. The summed E-state index contributed by atoms with van der Waals surface area (Å²) in [6.07, 6.45) is 3.47. The molecule has 1 saturated heterocycles. The number of rotatable bonds is 3. The van der Waals surface area contributed by atoms with Crippen LogP contribution >= 0.6 is 24.0 Å². The Balaban J connectivity index is 2.13. The normalized spacial score (nSPS) is 23.6. The molecule has 0 spiro atoms. The lowest BCUT2D eigenvalue weighted by Gasteiger charge is -2.21. The summed E-state index contributed by atoms with van der Waals surface area (Å²) in [5.74, 6) is 1.48. The molecule has 17 heavy (non-hydrogen) atoms. The molecule has 1 amide bonds. The second-order valence-corrected chi connectivity index (χ2v) is 6.20. The number of thioether (sulfide) groups is 1. The first-order valence-electron chi connectivity index (χ1n) is 5.31. The van der Waals surface area contributed by atoms with Crippen LogP contribution in [0.25, 0.3) is 0 Å². The predicted molar refractivity (Wildman–Crippen MR) is 73.2 cm³/mol. The zero-order valence-corrected chi connectivity index (χ0v) is 11.1. The van der Waals surface area contributed by atoms with Crippen molar-refractivity contribution < 1.29 is 4.79 Å². The molecule has 0 saturated carbocycles. The Kier molecular flexibility index (Phi) is 3.39. The van der Waals surface area contributed by atoms with Crippen LogP contribution in [-0.4, -0.2) is 31.6 Å². The molecule has 1 aromatic heterocycles. The van der Waals surface area contributed by atoms with Gasteiger partial charge in [0, 0.05) is 0 Å². The maximum Gasteiger partial charge on any atom is 0.241 e. The minimum Gasteiger partial charge on any atom is -0.389 e. The van der Waals surface area contributed by atoms with E-state index >= 15 is 0 Å². The molecule has 0 aliphatic carbocycles. The Morgan fingerprint density at radius 2 is 2.53 bits per heavy atom. The summed E-state index contributed by atoms with van der Waals surface area (Å²) in [6, 6.07) is 0. The first-order chi connectivity index (χ1) is 8.03. The van der Waals surface area contributed by atoms with E-state index in [-0.39, 0.29) is 15.6 Å². The summed E-state index contributed by atoms with van der Waals surface area (Å²) in [7, 11) is 0. The summed E-state index contributed by atoms with van der Waals surface area (Å²) in [6.45, 7) is 1.96. The molecule has 1 aromatic rings. The average Bonchev–Trinajstić information content (AvgIpc) is 2.87. The SMILES string of the molecule is CC1(C(=O)Nc2[nH]ncc2C(N)=S)CCCS1. The van der Waals surface area contributed by atoms with Gasteiger partial charge in [-0.1, -0.05) is 12.2 Å². The van der Waals surface area contributed by atoms with E-state index in [0.29, 0.717) is 11.4 Å². The van der Waals surface area contributed by atoms with E-state index in [9.17, 15) is 4.79 Å². The fraction of sp³-hybridized carbons (Fsp3) is 0.500. The zero-order chi connectivity index (χ0) is 12.5. The number of hydrogen-bond acceptors (Lipinski definition) is 4. The van der Waals surface area contributed by atoms with Crippen LogP contribution in [0.2, 0.25) is 0 Å². The molecule has 0 aromatic carbocycles. The van der Waals surface area contributed by atoms with E-state index in [4.69, 9.17) is 18.0 Å². The molecule has 2 rings (SSSR count). The summed E-state index contributed by atoms with van der Waals surface area (Å²) in [4.78, 5) is 12.4. The van der Waals surface area contributed by atoms with Crippen LogP contribution in [0, 0.1) is 0 Å². The quantitative estimate of drug-likeness (QED) is 0.720. The Bertz CT molecular complexity index is 451. The highest BCUT2D eigenvalue weighted by Crippen LogP contribution is 2.38. The van der Waals surface area contributed by atoms with Gasteiger partial charge in [-0.25, -0.2) is 0 Å². The lowest BCUT2D eigenvalue weighted by atomic mass is 10.0. The lowest BCUT2D eigenvalue weighted by molar-refractivity contribution is -0.118. The van der Waals surface area contributed by atoms with Crippen molar-refractivity contribution in [3.8, 4) is 0 Å². The number of thiocarbonyl (C=S) groups is 1. The second-order valence-electron chi connectivity index (χ2n) is 4.16. The van der Waals surface area contributed by atoms with Crippen molar-refractivity contribution in [2.24, 2.45) is 5.73 Å². The third kappa shape index (κ3) is 2.44. The number of aromatic amines is 1. The van der Waals surface area contributed by atoms with Crippen LogP contribution in [0.15, 0.2) is 6.20 Å². The second kappa shape index (κ2) is 4.66. The van der Waals surface area contributed by atoms with E-state index in [1.807, 2.05) is 6.92 Å². The molecule has 0 bridgehead atoms. The van der Waals surface area contributed by atoms with Crippen LogP contribution < -0.4 is 11.1 Å². The molecular weight excluding hydrogens is 256 g/mol. The maximum atomic E-state index is 12.1. The van der Waals surface area contributed by atoms with Crippen LogP contribution in [0.3, 0.4) is 0 Å². The van der Waals surface area contributed by atoms with Gasteiger partial charge in [-0.05, 0) is 25.5 Å². The molecule has 92 valence electrons. The third-order valence-corrected chi connectivity index (χ3v) is 4.58. The average molecular weight is 270 g/mol. The number of aromatic nitrogens is 2. The summed E-state index contributed by atoms with van der Waals surface area (Å²) in [5.41, 5.74) is 6.11. The van der Waals surface area contributed by atoms with Crippen molar-refractivity contribution in [3.05, 3.63) is 11.8 Å². The Morgan fingerprint density at radius 1 is 1.76 bits per heavy atom. The molecule has 1 unspecified atom stereocenters. The highest BCUT2D eigenvalue weighted by molar-refractivity contribution is 8.01. The zero-order valence-electron chi connectivity index (χ0n) is 9.45. The van der Waals surface area contributed by atoms with Crippen LogP contribution in [-0.2, 0) is 4.79 Å². The van der Waals surface area contributed by atoms with Gasteiger partial charge in [-0.2, -0.15) is 5.10 Å². The number of nitrogens with zero attached hydrogens (tertiary/aromatic N) is 1. The van der Waals surface area contributed by atoms with E-state index in [1.165, 1.54) is 6.20 Å². The third-order valence-electron chi connectivity index (χ3n) is 2.84. The summed E-state index contributed by atoms with van der Waals surface area (Å²) in [5, 5.41) is 9.34. The number of nitrogens with one attached hydrogen (secondary N) is 2. The van der Waals surface area contributed by atoms with Gasteiger partial charge in [-0.3, -0.25) is 9.89 Å². The van der Waals surface area contributed by atoms with Gasteiger partial charge in [0.15, 0.2) is 0 Å². The molecular formula is C10H14N4OS2. The van der Waals surface area contributed by atoms with Gasteiger partial charge in [0.25, 0.3) is 0 Å². The standard InChI is InChI=1S/C10H14N4OS2/c1-10(3-2-4-17-10)9(15)13-8-6(7(11)16)5-12-14-8/h5H,2-4H2,1H3,(H2,11,16)(H2,12,13,14,15). The first kappa shape index (κ1) is 12.4. The molecule has 0 radical (unpaired) electrons. The molecule has 1 atom stereocenters. The van der Waals surface area contributed by atoms with Crippen molar-refractivity contribution >= 4 is 40.7 Å². The van der Waals surface area contributed by atoms with Gasteiger partial charge in [0.2, 0.25) is 5.91 Å². The van der Waals surface area contributed by atoms with Crippen molar-refractivity contribution in [2.75, 3.05) is 11.1 Å². The lowest BCUT2D eigenvalue weighted by Crippen LogP contribution is -2.35. The molecule has 2 heterocycles. The number of nitrogens with two attached hydrogens (primary N) is 1. The molecule has 1 aliphatic rings. The van der Waals surface area contributed by atoms with Gasteiger partial charge < -0.3 is 11.1 Å². The van der Waals surface area contributed by atoms with Crippen molar-refractivity contribution in [2.45, 2.75) is 24.5 Å². The van der Waals surface area contributed by atoms with E-state index in [0.717, 1.165) is 18.6 Å². The highest BCUT2D eigenvalue weighted by Gasteiger charge is 2.37. The highest BCUT2D eigenvalue weighted by atomic mass is 32.2. The summed E-state index contributed by atoms with van der Waals surface area (Å²) >= 11 is 6.56. The van der Waals surface area contributed by atoms with Crippen molar-refractivity contribution in [3.63, 3.8) is 0 Å². The van der Waals surface area contributed by atoms with Gasteiger partial charge in [-0.15, -0.1) is 11.8 Å². The van der Waals surface area contributed by atoms with Crippen LogP contribution in [0.1, 0.15) is 25.3 Å². The maximum absolute atomic E-state index is 12.1. The fourth-order valence-corrected chi connectivity index (χ4v) is 3.14. The number of carbonyl (C=O) groups is 1. The number of anilines is 1. The fourth-order valence-electron chi connectivity index (χ4n) is 1.77. The number of hydrogen-bond donors (Lipinski definition) is 3. The van der Waals surface area contributed by atoms with Gasteiger partial charge in [0.05, 0.1) is 16.5 Å². The smallest absolute Gasteiger partial charge is 0.241 e. The predicted octanol–water partition coefficient (Wildman–Crippen LogP) is 1.27. The molecule has 1 aliphatic heterocycles. The Hall–Kier alpha value is -1.08. The number of carbonyl (C=O) groups excluding carboxylic acids is 1. The van der Waals surface area contributed by atoms with E-state index in [2.05, 4.69) is 15.5 Å². The van der Waals surface area contributed by atoms with E-state index < -0.39 is 0 Å². The minimum atomic E-state index is -0.363. The minimum absolute atomic E-state index is 0.0262. The van der Waals surface area contributed by atoms with Gasteiger partial charge >= 0.3 is 0 Å². The number of amides is 1. The van der Waals surface area contributed by atoms with Crippen LogP contribution in [0.4, 0.5) is 5.82 Å².